The van der Waals surface area contributed by atoms with Crippen molar-refractivity contribution in [3.63, 3.8) is 0 Å². The Kier molecular flexibility index (Phi) is 4.71. The Morgan fingerprint density at radius 1 is 1.43 bits per heavy atom. The molecule has 1 saturated heterocycles. The zero-order valence-corrected chi connectivity index (χ0v) is 13.6. The van der Waals surface area contributed by atoms with E-state index in [1.54, 1.807) is 18.4 Å². The van der Waals surface area contributed by atoms with Gasteiger partial charge in [-0.1, -0.05) is 5.16 Å². The van der Waals surface area contributed by atoms with E-state index < -0.39 is 0 Å². The van der Waals surface area contributed by atoms with E-state index in [2.05, 4.69) is 15.5 Å². The van der Waals surface area contributed by atoms with Crippen LogP contribution >= 0.6 is 11.3 Å². The van der Waals surface area contributed by atoms with Crippen molar-refractivity contribution in [1.29, 1.82) is 0 Å². The van der Waals surface area contributed by atoms with Gasteiger partial charge in [0, 0.05) is 36.9 Å². The molecular weight excluding hydrogens is 316 g/mol. The minimum atomic E-state index is -0.152. The molecule has 0 saturated carbocycles. The van der Waals surface area contributed by atoms with Gasteiger partial charge in [-0.05, 0) is 24.3 Å². The molecule has 7 nitrogen and oxygen atoms in total. The molecule has 122 valence electrons. The third-order valence-electron chi connectivity index (χ3n) is 3.97. The lowest BCUT2D eigenvalue weighted by atomic mass is 9.96. The van der Waals surface area contributed by atoms with Gasteiger partial charge in [-0.25, -0.2) is 0 Å². The van der Waals surface area contributed by atoms with Crippen molar-refractivity contribution in [1.82, 2.24) is 20.4 Å². The van der Waals surface area contributed by atoms with Crippen molar-refractivity contribution >= 4 is 23.2 Å². The van der Waals surface area contributed by atoms with Crippen molar-refractivity contribution in [2.75, 3.05) is 13.1 Å². The number of piperidine rings is 1. The molecule has 2 aromatic heterocycles. The van der Waals surface area contributed by atoms with Gasteiger partial charge in [-0.2, -0.15) is 16.3 Å². The third kappa shape index (κ3) is 3.76. The fourth-order valence-corrected chi connectivity index (χ4v) is 3.25. The summed E-state index contributed by atoms with van der Waals surface area (Å²) in [5, 5.41) is 10.4. The quantitative estimate of drug-likeness (QED) is 0.921. The maximum Gasteiger partial charge on any atom is 0.252 e. The minimum absolute atomic E-state index is 0.105. The molecule has 1 N–H and O–H groups in total. The SMILES string of the molecule is CC(=O)N1CCC(c2noc(CNC(=O)c3ccsc3)n2)CC1. The van der Waals surface area contributed by atoms with Crippen LogP contribution in [-0.4, -0.2) is 39.9 Å². The summed E-state index contributed by atoms with van der Waals surface area (Å²) in [4.78, 5) is 29.4. The molecule has 1 aliphatic heterocycles. The molecule has 0 aliphatic carbocycles. The van der Waals surface area contributed by atoms with Crippen LogP contribution in [0.2, 0.25) is 0 Å². The van der Waals surface area contributed by atoms with E-state index in [-0.39, 0.29) is 24.3 Å². The number of hydrogen-bond acceptors (Lipinski definition) is 6. The van der Waals surface area contributed by atoms with E-state index in [1.807, 2.05) is 10.3 Å². The van der Waals surface area contributed by atoms with Crippen LogP contribution in [-0.2, 0) is 11.3 Å². The van der Waals surface area contributed by atoms with Crippen molar-refractivity contribution in [2.45, 2.75) is 32.2 Å². The molecule has 3 heterocycles. The van der Waals surface area contributed by atoms with E-state index in [1.165, 1.54) is 11.3 Å². The monoisotopic (exact) mass is 334 g/mol. The van der Waals surface area contributed by atoms with Crippen LogP contribution in [0, 0.1) is 0 Å². The highest BCUT2D eigenvalue weighted by atomic mass is 32.1. The lowest BCUT2D eigenvalue weighted by Crippen LogP contribution is -2.36. The molecular formula is C15H18N4O3S. The molecule has 1 fully saturated rings. The van der Waals surface area contributed by atoms with Crippen molar-refractivity contribution < 1.29 is 14.1 Å². The fraction of sp³-hybridized carbons (Fsp3) is 0.467. The largest absolute Gasteiger partial charge is 0.343 e. The number of likely N-dealkylation sites (tertiary alicyclic amines) is 1. The molecule has 0 radical (unpaired) electrons. The summed E-state index contributed by atoms with van der Waals surface area (Å²) in [5.41, 5.74) is 0.631. The molecule has 0 spiro atoms. The average molecular weight is 334 g/mol. The predicted octanol–water partition coefficient (Wildman–Crippen LogP) is 1.79. The van der Waals surface area contributed by atoms with Gasteiger partial charge in [0.2, 0.25) is 11.8 Å². The van der Waals surface area contributed by atoms with Gasteiger partial charge >= 0.3 is 0 Å². The molecule has 0 atom stereocenters. The van der Waals surface area contributed by atoms with Crippen LogP contribution < -0.4 is 5.32 Å². The van der Waals surface area contributed by atoms with Gasteiger partial charge in [0.25, 0.3) is 5.91 Å². The topological polar surface area (TPSA) is 88.3 Å². The summed E-state index contributed by atoms with van der Waals surface area (Å²) in [5.74, 6) is 1.22. The minimum Gasteiger partial charge on any atom is -0.343 e. The summed E-state index contributed by atoms with van der Waals surface area (Å²) < 4.78 is 5.21. The summed E-state index contributed by atoms with van der Waals surface area (Å²) in [7, 11) is 0. The van der Waals surface area contributed by atoms with E-state index in [0.29, 0.717) is 17.3 Å². The summed E-state index contributed by atoms with van der Waals surface area (Å²) >= 11 is 1.47. The summed E-state index contributed by atoms with van der Waals surface area (Å²) in [6.45, 7) is 3.24. The van der Waals surface area contributed by atoms with Gasteiger partial charge in [0.15, 0.2) is 5.82 Å². The van der Waals surface area contributed by atoms with E-state index in [0.717, 1.165) is 25.9 Å². The maximum absolute atomic E-state index is 11.9. The number of amides is 2. The van der Waals surface area contributed by atoms with Crippen LogP contribution in [0.4, 0.5) is 0 Å². The fourth-order valence-electron chi connectivity index (χ4n) is 2.61. The molecule has 23 heavy (non-hydrogen) atoms. The lowest BCUT2D eigenvalue weighted by molar-refractivity contribution is -0.129. The molecule has 1 aliphatic rings. The first kappa shape index (κ1) is 15.7. The van der Waals surface area contributed by atoms with Gasteiger partial charge in [-0.3, -0.25) is 9.59 Å². The maximum atomic E-state index is 11.9. The molecule has 2 amide bonds. The second kappa shape index (κ2) is 6.91. The number of carbonyl (C=O) groups is 2. The van der Waals surface area contributed by atoms with Gasteiger partial charge in [0.05, 0.1) is 6.54 Å². The Bertz CT molecular complexity index is 675. The van der Waals surface area contributed by atoms with Gasteiger partial charge in [0.1, 0.15) is 0 Å². The van der Waals surface area contributed by atoms with E-state index in [4.69, 9.17) is 4.52 Å². The second-order valence-electron chi connectivity index (χ2n) is 5.52. The average Bonchev–Trinajstić information content (AvgIpc) is 3.24. The van der Waals surface area contributed by atoms with Crippen molar-refractivity contribution in [3.8, 4) is 0 Å². The van der Waals surface area contributed by atoms with Crippen LogP contribution in [0.5, 0.6) is 0 Å². The van der Waals surface area contributed by atoms with Crippen molar-refractivity contribution in [2.24, 2.45) is 0 Å². The molecule has 0 unspecified atom stereocenters. The molecule has 8 heteroatoms. The number of carbonyl (C=O) groups excluding carboxylic acids is 2. The smallest absolute Gasteiger partial charge is 0.252 e. The van der Waals surface area contributed by atoms with E-state index >= 15 is 0 Å². The number of thiophene rings is 1. The summed E-state index contributed by atoms with van der Waals surface area (Å²) in [6.07, 6.45) is 1.67. The Hall–Kier alpha value is -2.22. The van der Waals surface area contributed by atoms with E-state index in [9.17, 15) is 9.59 Å². The first-order chi connectivity index (χ1) is 11.1. The van der Waals surface area contributed by atoms with Crippen molar-refractivity contribution in [3.05, 3.63) is 34.1 Å². The van der Waals surface area contributed by atoms with Gasteiger partial charge in [-0.15, -0.1) is 0 Å². The highest BCUT2D eigenvalue weighted by molar-refractivity contribution is 7.08. The number of nitrogens with one attached hydrogen (secondary N) is 1. The Morgan fingerprint density at radius 2 is 2.22 bits per heavy atom. The third-order valence-corrected chi connectivity index (χ3v) is 4.66. The number of rotatable bonds is 4. The molecule has 0 aromatic carbocycles. The number of nitrogens with zero attached hydrogens (tertiary/aromatic N) is 3. The molecule has 2 aromatic rings. The van der Waals surface area contributed by atoms with Crippen LogP contribution in [0.3, 0.4) is 0 Å². The summed E-state index contributed by atoms with van der Waals surface area (Å²) in [6, 6.07) is 1.77. The highest BCUT2D eigenvalue weighted by Crippen LogP contribution is 2.25. The van der Waals surface area contributed by atoms with Crippen LogP contribution in [0.25, 0.3) is 0 Å². The molecule has 0 bridgehead atoms. The highest BCUT2D eigenvalue weighted by Gasteiger charge is 2.25. The zero-order valence-electron chi connectivity index (χ0n) is 12.8. The first-order valence-electron chi connectivity index (χ1n) is 7.52. The lowest BCUT2D eigenvalue weighted by Gasteiger charge is -2.29. The molecule has 3 rings (SSSR count). The standard InChI is InChI=1S/C15H18N4O3S/c1-10(20)19-5-2-11(3-6-19)14-17-13(22-18-14)8-16-15(21)12-4-7-23-9-12/h4,7,9,11H,2-3,5-6,8H2,1H3,(H,16,21). The zero-order chi connectivity index (χ0) is 16.2. The normalized spacial score (nSPS) is 15.6. The Morgan fingerprint density at radius 3 is 2.87 bits per heavy atom. The predicted molar refractivity (Wildman–Crippen MR) is 84.0 cm³/mol. The Labute approximate surface area is 137 Å². The number of hydrogen-bond donors (Lipinski definition) is 1. The Balaban J connectivity index is 1.52. The van der Waals surface area contributed by atoms with Crippen LogP contribution in [0.15, 0.2) is 21.3 Å². The van der Waals surface area contributed by atoms with Crippen LogP contribution in [0.1, 0.15) is 47.8 Å². The number of aromatic nitrogens is 2. The van der Waals surface area contributed by atoms with Gasteiger partial charge < -0.3 is 14.7 Å². The first-order valence-corrected chi connectivity index (χ1v) is 8.46. The second-order valence-corrected chi connectivity index (χ2v) is 6.30.